The standard InChI is InChI=1S/C22H21ClN4O6S/c1-13(28)20(16-4-2-3-5-17(16)23)22(29)26-10-14-11-27(25-18(14)12-26)34(30,31)15-8-19-21(24-9-15)33-7-6-32-19/h2-5,8-9,11,13,20,28H,6-7,10,12H2,1H3/t13-,20-/m0/s1. The summed E-state index contributed by atoms with van der Waals surface area (Å²) in [5.41, 5.74) is 1.60. The molecule has 10 nitrogen and oxygen atoms in total. The predicted octanol–water partition coefficient (Wildman–Crippen LogP) is 1.95. The fourth-order valence-corrected chi connectivity index (χ4v) is 5.48. The second-order valence-corrected chi connectivity index (χ2v) is 10.3. The molecule has 0 saturated heterocycles. The van der Waals surface area contributed by atoms with Gasteiger partial charge in [-0.25, -0.2) is 4.98 Å². The highest BCUT2D eigenvalue weighted by molar-refractivity contribution is 7.89. The molecule has 0 bridgehead atoms. The van der Waals surface area contributed by atoms with E-state index in [2.05, 4.69) is 10.1 Å². The number of benzene rings is 1. The third-order valence-corrected chi connectivity index (χ3v) is 7.62. The number of aliphatic hydroxyl groups is 1. The van der Waals surface area contributed by atoms with Crippen molar-refractivity contribution in [2.24, 2.45) is 0 Å². The molecule has 0 saturated carbocycles. The number of halogens is 1. The first-order chi connectivity index (χ1) is 16.3. The molecule has 0 unspecified atom stereocenters. The Morgan fingerprint density at radius 3 is 2.71 bits per heavy atom. The Labute approximate surface area is 200 Å². The number of ether oxygens (including phenoxy) is 2. The summed E-state index contributed by atoms with van der Waals surface area (Å²) in [7, 11) is -4.02. The quantitative estimate of drug-likeness (QED) is 0.559. The number of carbonyl (C=O) groups excluding carboxylic acids is 1. The van der Waals surface area contributed by atoms with Crippen LogP contribution in [0.4, 0.5) is 0 Å². The number of pyridine rings is 1. The van der Waals surface area contributed by atoms with Crippen LogP contribution in [0.3, 0.4) is 0 Å². The Hall–Kier alpha value is -3.15. The van der Waals surface area contributed by atoms with Gasteiger partial charge in [-0.2, -0.15) is 17.6 Å². The third-order valence-electron chi connectivity index (χ3n) is 5.78. The zero-order chi connectivity index (χ0) is 24.0. The number of hydrogen-bond acceptors (Lipinski definition) is 8. The van der Waals surface area contributed by atoms with E-state index in [4.69, 9.17) is 21.1 Å². The molecule has 178 valence electrons. The summed E-state index contributed by atoms with van der Waals surface area (Å²) >= 11 is 6.27. The van der Waals surface area contributed by atoms with Gasteiger partial charge in [0.25, 0.3) is 15.9 Å². The molecule has 3 aromatic rings. The van der Waals surface area contributed by atoms with Crippen LogP contribution in [0.15, 0.2) is 47.6 Å². The van der Waals surface area contributed by atoms with Crippen molar-refractivity contribution in [2.45, 2.75) is 36.9 Å². The first-order valence-electron chi connectivity index (χ1n) is 10.6. The molecule has 1 aromatic carbocycles. The highest BCUT2D eigenvalue weighted by Crippen LogP contribution is 2.33. The Kier molecular flexibility index (Phi) is 5.70. The van der Waals surface area contributed by atoms with Crippen LogP contribution in [0, 0.1) is 0 Å². The van der Waals surface area contributed by atoms with Crippen LogP contribution in [0.5, 0.6) is 11.6 Å². The van der Waals surface area contributed by atoms with Gasteiger partial charge < -0.3 is 19.5 Å². The van der Waals surface area contributed by atoms with E-state index in [1.807, 2.05) is 0 Å². The Morgan fingerprint density at radius 1 is 1.21 bits per heavy atom. The van der Waals surface area contributed by atoms with Gasteiger partial charge >= 0.3 is 0 Å². The first kappa shape index (κ1) is 22.6. The van der Waals surface area contributed by atoms with Gasteiger partial charge in [-0.05, 0) is 18.6 Å². The molecule has 12 heteroatoms. The fraction of sp³-hybridized carbons (Fsp3) is 0.318. The smallest absolute Gasteiger partial charge is 0.284 e. The predicted molar refractivity (Wildman–Crippen MR) is 120 cm³/mol. The summed E-state index contributed by atoms with van der Waals surface area (Å²) in [5.74, 6) is -0.662. The Bertz CT molecular complexity index is 1350. The largest absolute Gasteiger partial charge is 0.484 e. The van der Waals surface area contributed by atoms with Crippen LogP contribution in [-0.4, -0.2) is 57.8 Å². The lowest BCUT2D eigenvalue weighted by molar-refractivity contribution is -0.135. The monoisotopic (exact) mass is 504 g/mol. The molecule has 2 aliphatic rings. The minimum Gasteiger partial charge on any atom is -0.484 e. The average molecular weight is 505 g/mol. The molecular formula is C22H21ClN4O6S. The molecule has 0 fully saturated rings. The minimum atomic E-state index is -4.02. The van der Waals surface area contributed by atoms with Crippen molar-refractivity contribution >= 4 is 27.5 Å². The highest BCUT2D eigenvalue weighted by Gasteiger charge is 2.36. The maximum atomic E-state index is 13.3. The van der Waals surface area contributed by atoms with Gasteiger partial charge in [0.15, 0.2) is 5.75 Å². The summed E-state index contributed by atoms with van der Waals surface area (Å²) in [4.78, 5) is 18.7. The van der Waals surface area contributed by atoms with Crippen LogP contribution >= 0.6 is 11.6 Å². The zero-order valence-corrected chi connectivity index (χ0v) is 19.7. The Morgan fingerprint density at radius 2 is 1.97 bits per heavy atom. The lowest BCUT2D eigenvalue weighted by Gasteiger charge is -2.26. The molecule has 0 radical (unpaired) electrons. The lowest BCUT2D eigenvalue weighted by Crippen LogP contribution is -2.36. The van der Waals surface area contributed by atoms with E-state index in [0.717, 1.165) is 4.09 Å². The summed E-state index contributed by atoms with van der Waals surface area (Å²) < 4.78 is 37.8. The molecular weight excluding hydrogens is 484 g/mol. The number of carbonyl (C=O) groups is 1. The number of amides is 1. The first-order valence-corrected chi connectivity index (χ1v) is 12.4. The van der Waals surface area contributed by atoms with Crippen molar-refractivity contribution in [2.75, 3.05) is 13.2 Å². The minimum absolute atomic E-state index is 0.0845. The van der Waals surface area contributed by atoms with Crippen LogP contribution in [0.25, 0.3) is 0 Å². The third kappa shape index (κ3) is 3.89. The van der Waals surface area contributed by atoms with Gasteiger partial charge in [-0.15, -0.1) is 0 Å². The number of aromatic nitrogens is 3. The van der Waals surface area contributed by atoms with Crippen molar-refractivity contribution in [3.8, 4) is 11.6 Å². The van der Waals surface area contributed by atoms with E-state index in [9.17, 15) is 18.3 Å². The van der Waals surface area contributed by atoms with E-state index in [1.54, 1.807) is 24.3 Å². The zero-order valence-electron chi connectivity index (χ0n) is 18.1. The normalized spacial score (nSPS) is 16.7. The van der Waals surface area contributed by atoms with Gasteiger partial charge in [0, 0.05) is 29.4 Å². The van der Waals surface area contributed by atoms with Crippen LogP contribution in [-0.2, 0) is 27.9 Å². The number of fused-ring (bicyclic) bond motifs is 2. The summed E-state index contributed by atoms with van der Waals surface area (Å²) in [6.07, 6.45) is 1.62. The SMILES string of the molecule is C[C@H](O)[C@H](C(=O)N1Cc2cn(S(=O)(=O)c3cnc4c(c3)OCCO4)nc2C1)c1ccccc1Cl. The number of hydrogen-bond donors (Lipinski definition) is 1. The number of aliphatic hydroxyl groups excluding tert-OH is 1. The molecule has 0 spiro atoms. The summed E-state index contributed by atoms with van der Waals surface area (Å²) in [5, 5.41) is 14.9. The van der Waals surface area contributed by atoms with Gasteiger partial charge in [0.2, 0.25) is 5.91 Å². The summed E-state index contributed by atoms with van der Waals surface area (Å²) in [6, 6.07) is 8.24. The van der Waals surface area contributed by atoms with Gasteiger partial charge in [0.1, 0.15) is 18.1 Å². The van der Waals surface area contributed by atoms with Gasteiger partial charge in [0.05, 0.1) is 30.5 Å². The van der Waals surface area contributed by atoms with Gasteiger partial charge in [-0.3, -0.25) is 4.79 Å². The van der Waals surface area contributed by atoms with Crippen LogP contribution in [0.2, 0.25) is 5.02 Å². The van der Waals surface area contributed by atoms with Crippen LogP contribution < -0.4 is 9.47 Å². The molecule has 2 atom stereocenters. The average Bonchev–Trinajstić information content (AvgIpc) is 3.40. The number of rotatable bonds is 5. The molecule has 2 aliphatic heterocycles. The molecule has 1 amide bonds. The van der Waals surface area contributed by atoms with Crippen molar-refractivity contribution < 1.29 is 27.8 Å². The van der Waals surface area contributed by atoms with Crippen molar-refractivity contribution in [3.05, 3.63) is 64.6 Å². The fourth-order valence-electron chi connectivity index (χ4n) is 4.09. The van der Waals surface area contributed by atoms with E-state index in [-0.39, 0.29) is 35.5 Å². The highest BCUT2D eigenvalue weighted by atomic mass is 35.5. The topological polar surface area (TPSA) is 124 Å². The van der Waals surface area contributed by atoms with E-state index in [0.29, 0.717) is 35.1 Å². The molecule has 34 heavy (non-hydrogen) atoms. The van der Waals surface area contributed by atoms with Crippen molar-refractivity contribution in [1.29, 1.82) is 0 Å². The maximum Gasteiger partial charge on any atom is 0.284 e. The second-order valence-electron chi connectivity index (χ2n) is 8.08. The number of nitrogens with zero attached hydrogens (tertiary/aromatic N) is 4. The molecule has 2 aromatic heterocycles. The van der Waals surface area contributed by atoms with E-state index >= 15 is 0 Å². The second kappa shape index (κ2) is 8.57. The lowest BCUT2D eigenvalue weighted by atomic mass is 9.92. The van der Waals surface area contributed by atoms with Gasteiger partial charge in [-0.1, -0.05) is 29.8 Å². The van der Waals surface area contributed by atoms with E-state index in [1.165, 1.54) is 30.3 Å². The summed E-state index contributed by atoms with van der Waals surface area (Å²) in [6.45, 7) is 2.47. The Balaban J connectivity index is 1.37. The van der Waals surface area contributed by atoms with Crippen molar-refractivity contribution in [3.63, 3.8) is 0 Å². The molecule has 5 rings (SSSR count). The van der Waals surface area contributed by atoms with Crippen LogP contribution in [0.1, 0.15) is 29.7 Å². The molecule has 4 heterocycles. The maximum absolute atomic E-state index is 13.3. The molecule has 1 N–H and O–H groups in total. The molecule has 0 aliphatic carbocycles. The van der Waals surface area contributed by atoms with Crippen molar-refractivity contribution in [1.82, 2.24) is 19.1 Å². The van der Waals surface area contributed by atoms with E-state index < -0.39 is 22.0 Å².